The Labute approximate surface area is 97.8 Å². The molecule has 17 heavy (non-hydrogen) atoms. The number of phenolic OH excluding ortho intramolecular Hbond substituents is 1. The first-order chi connectivity index (χ1) is 8.25. The molecule has 0 atom stereocenters. The zero-order valence-electron chi connectivity index (χ0n) is 8.92. The van der Waals surface area contributed by atoms with Gasteiger partial charge < -0.3 is 10.1 Å². The van der Waals surface area contributed by atoms with E-state index >= 15 is 0 Å². The van der Waals surface area contributed by atoms with Gasteiger partial charge in [-0.2, -0.15) is 5.10 Å². The number of carbonyl (C=O) groups excluding carboxylic acids is 1. The summed E-state index contributed by atoms with van der Waals surface area (Å²) in [6, 6.07) is 9.61. The van der Waals surface area contributed by atoms with Gasteiger partial charge in [0.2, 0.25) is 0 Å². The summed E-state index contributed by atoms with van der Waals surface area (Å²) in [6.45, 7) is 0. The molecule has 2 rings (SSSR count). The molecule has 0 unspecified atom stereocenters. The minimum atomic E-state index is -0.326. The summed E-state index contributed by atoms with van der Waals surface area (Å²) in [5.74, 6) is -0.204. The molecule has 86 valence electrons. The van der Waals surface area contributed by atoms with Gasteiger partial charge in [0.25, 0.3) is 5.91 Å². The van der Waals surface area contributed by atoms with Crippen molar-refractivity contribution in [1.29, 1.82) is 0 Å². The lowest BCUT2D eigenvalue weighted by atomic mass is 10.2. The van der Waals surface area contributed by atoms with Crippen LogP contribution in [0.5, 0.6) is 5.75 Å². The van der Waals surface area contributed by atoms with Gasteiger partial charge in [0.1, 0.15) is 5.75 Å². The summed E-state index contributed by atoms with van der Waals surface area (Å²) in [4.78, 5) is 14.5. The SMILES string of the molecule is O=C(N/N=C/c1ccc[nH]1)c1ccc(O)cc1. The van der Waals surface area contributed by atoms with Crippen molar-refractivity contribution in [2.24, 2.45) is 5.10 Å². The summed E-state index contributed by atoms with van der Waals surface area (Å²) in [5, 5.41) is 12.9. The quantitative estimate of drug-likeness (QED) is 0.550. The molecule has 0 spiro atoms. The number of carbonyl (C=O) groups is 1. The van der Waals surface area contributed by atoms with E-state index in [0.29, 0.717) is 5.56 Å². The maximum Gasteiger partial charge on any atom is 0.271 e. The van der Waals surface area contributed by atoms with Gasteiger partial charge >= 0.3 is 0 Å². The molecule has 0 aliphatic rings. The zero-order valence-corrected chi connectivity index (χ0v) is 8.92. The third-order valence-corrected chi connectivity index (χ3v) is 2.12. The Balaban J connectivity index is 1.96. The van der Waals surface area contributed by atoms with Crippen LogP contribution in [0.1, 0.15) is 16.1 Å². The van der Waals surface area contributed by atoms with E-state index in [2.05, 4.69) is 15.5 Å². The summed E-state index contributed by atoms with van der Waals surface area (Å²) >= 11 is 0. The highest BCUT2D eigenvalue weighted by atomic mass is 16.3. The van der Waals surface area contributed by atoms with Crippen LogP contribution in [0.3, 0.4) is 0 Å². The second-order valence-corrected chi connectivity index (χ2v) is 3.37. The predicted molar refractivity (Wildman–Crippen MR) is 64.0 cm³/mol. The Kier molecular flexibility index (Phi) is 3.20. The van der Waals surface area contributed by atoms with E-state index in [1.807, 2.05) is 12.1 Å². The van der Waals surface area contributed by atoms with E-state index in [-0.39, 0.29) is 11.7 Å². The van der Waals surface area contributed by atoms with Crippen LogP contribution in [0.4, 0.5) is 0 Å². The van der Waals surface area contributed by atoms with Crippen molar-refractivity contribution in [3.05, 3.63) is 53.9 Å². The number of phenols is 1. The number of aromatic amines is 1. The van der Waals surface area contributed by atoms with Crippen molar-refractivity contribution >= 4 is 12.1 Å². The number of hydrogen-bond acceptors (Lipinski definition) is 3. The predicted octanol–water partition coefficient (Wildman–Crippen LogP) is 1.48. The van der Waals surface area contributed by atoms with Gasteiger partial charge in [-0.05, 0) is 36.4 Å². The van der Waals surface area contributed by atoms with Crippen molar-refractivity contribution in [3.8, 4) is 5.75 Å². The number of aromatic nitrogens is 1. The summed E-state index contributed by atoms with van der Waals surface area (Å²) < 4.78 is 0. The largest absolute Gasteiger partial charge is 0.508 e. The van der Waals surface area contributed by atoms with Crippen molar-refractivity contribution in [2.75, 3.05) is 0 Å². The van der Waals surface area contributed by atoms with E-state index in [4.69, 9.17) is 5.11 Å². The number of rotatable bonds is 3. The van der Waals surface area contributed by atoms with Gasteiger partial charge in [-0.25, -0.2) is 5.43 Å². The fraction of sp³-hybridized carbons (Fsp3) is 0. The molecule has 5 heteroatoms. The van der Waals surface area contributed by atoms with Crippen LogP contribution in [0.15, 0.2) is 47.7 Å². The number of nitrogens with one attached hydrogen (secondary N) is 2. The Hall–Kier alpha value is -2.56. The molecule has 5 nitrogen and oxygen atoms in total. The Morgan fingerprint density at radius 2 is 2.06 bits per heavy atom. The topological polar surface area (TPSA) is 77.5 Å². The first-order valence-electron chi connectivity index (χ1n) is 5.01. The molecule has 0 saturated heterocycles. The average Bonchev–Trinajstić information content (AvgIpc) is 2.83. The minimum Gasteiger partial charge on any atom is -0.508 e. The third kappa shape index (κ3) is 2.94. The lowest BCUT2D eigenvalue weighted by Gasteiger charge is -1.99. The number of amides is 1. The third-order valence-electron chi connectivity index (χ3n) is 2.12. The maximum atomic E-state index is 11.6. The molecule has 0 radical (unpaired) electrons. The van der Waals surface area contributed by atoms with Gasteiger partial charge in [-0.1, -0.05) is 0 Å². The Morgan fingerprint density at radius 1 is 1.29 bits per heavy atom. The van der Waals surface area contributed by atoms with Gasteiger partial charge in [0.05, 0.1) is 11.9 Å². The molecular weight excluding hydrogens is 218 g/mol. The lowest BCUT2D eigenvalue weighted by molar-refractivity contribution is 0.0955. The number of nitrogens with zero attached hydrogens (tertiary/aromatic N) is 1. The summed E-state index contributed by atoms with van der Waals surface area (Å²) in [5.41, 5.74) is 3.62. The summed E-state index contributed by atoms with van der Waals surface area (Å²) in [7, 11) is 0. The molecule has 0 aliphatic carbocycles. The average molecular weight is 229 g/mol. The van der Waals surface area contributed by atoms with E-state index in [0.717, 1.165) is 5.69 Å². The molecule has 0 bridgehead atoms. The van der Waals surface area contributed by atoms with Crippen LogP contribution in [-0.2, 0) is 0 Å². The molecule has 1 amide bonds. The van der Waals surface area contributed by atoms with Crippen molar-refractivity contribution in [3.63, 3.8) is 0 Å². The molecule has 0 saturated carbocycles. The van der Waals surface area contributed by atoms with Gasteiger partial charge in [-0.3, -0.25) is 4.79 Å². The highest BCUT2D eigenvalue weighted by molar-refractivity contribution is 5.94. The maximum absolute atomic E-state index is 11.6. The lowest BCUT2D eigenvalue weighted by Crippen LogP contribution is -2.17. The molecular formula is C12H11N3O2. The first-order valence-corrected chi connectivity index (χ1v) is 5.01. The second-order valence-electron chi connectivity index (χ2n) is 3.37. The van der Waals surface area contributed by atoms with Crippen LogP contribution in [-0.4, -0.2) is 22.2 Å². The number of hydrazone groups is 1. The van der Waals surface area contributed by atoms with E-state index in [1.54, 1.807) is 6.20 Å². The van der Waals surface area contributed by atoms with Crippen molar-refractivity contribution in [2.45, 2.75) is 0 Å². The van der Waals surface area contributed by atoms with Crippen LogP contribution < -0.4 is 5.43 Å². The molecule has 1 aromatic heterocycles. The van der Waals surface area contributed by atoms with Gasteiger partial charge in [0.15, 0.2) is 0 Å². The summed E-state index contributed by atoms with van der Waals surface area (Å²) in [6.07, 6.45) is 3.28. The number of aromatic hydroxyl groups is 1. The zero-order chi connectivity index (χ0) is 12.1. The fourth-order valence-corrected chi connectivity index (χ4v) is 1.26. The Bertz CT molecular complexity index is 515. The van der Waals surface area contributed by atoms with Crippen LogP contribution in [0.25, 0.3) is 0 Å². The van der Waals surface area contributed by atoms with E-state index in [1.165, 1.54) is 30.5 Å². The normalized spacial score (nSPS) is 10.6. The second kappa shape index (κ2) is 4.98. The Morgan fingerprint density at radius 3 is 2.71 bits per heavy atom. The highest BCUT2D eigenvalue weighted by Crippen LogP contribution is 2.09. The molecule has 0 aliphatic heterocycles. The standard InChI is InChI=1S/C12H11N3O2/c16-11-5-3-9(4-6-11)12(17)15-14-8-10-2-1-7-13-10/h1-8,13,16H,(H,15,17)/b14-8+. The van der Waals surface area contributed by atoms with Crippen LogP contribution in [0.2, 0.25) is 0 Å². The van der Waals surface area contributed by atoms with Gasteiger partial charge in [-0.15, -0.1) is 0 Å². The smallest absolute Gasteiger partial charge is 0.271 e. The molecule has 1 aromatic carbocycles. The minimum absolute atomic E-state index is 0.122. The van der Waals surface area contributed by atoms with E-state index < -0.39 is 0 Å². The van der Waals surface area contributed by atoms with Crippen LogP contribution >= 0.6 is 0 Å². The van der Waals surface area contributed by atoms with Crippen molar-refractivity contribution < 1.29 is 9.90 Å². The fourth-order valence-electron chi connectivity index (χ4n) is 1.26. The first kappa shape index (κ1) is 10.9. The molecule has 3 N–H and O–H groups in total. The van der Waals surface area contributed by atoms with Gasteiger partial charge in [0, 0.05) is 11.8 Å². The van der Waals surface area contributed by atoms with E-state index in [9.17, 15) is 4.79 Å². The molecule has 0 fully saturated rings. The number of hydrogen-bond donors (Lipinski definition) is 3. The monoisotopic (exact) mass is 229 g/mol. The highest BCUT2D eigenvalue weighted by Gasteiger charge is 2.02. The molecule has 2 aromatic rings. The van der Waals surface area contributed by atoms with Crippen molar-refractivity contribution in [1.82, 2.24) is 10.4 Å². The molecule has 1 heterocycles. The van der Waals surface area contributed by atoms with Crippen LogP contribution in [0, 0.1) is 0 Å². The number of H-pyrrole nitrogens is 1. The number of benzene rings is 1.